The summed E-state index contributed by atoms with van der Waals surface area (Å²) in [6.07, 6.45) is -8.44. The van der Waals surface area contributed by atoms with Crippen LogP contribution in [-0.2, 0) is 80.8 Å². The van der Waals surface area contributed by atoms with Crippen LogP contribution in [0.5, 0.6) is 0 Å². The number of fused-ring (bicyclic) bond motifs is 6. The normalized spacial score (nSPS) is 54.8. The zero-order valence-corrected chi connectivity index (χ0v) is 51.3. The van der Waals surface area contributed by atoms with Crippen LogP contribution in [0.2, 0.25) is 0 Å². The summed E-state index contributed by atoms with van der Waals surface area (Å²) in [4.78, 5) is 12.4. The van der Waals surface area contributed by atoms with Crippen molar-refractivity contribution in [1.29, 1.82) is 0 Å². The van der Waals surface area contributed by atoms with Gasteiger partial charge in [-0.25, -0.2) is 4.89 Å². The first-order valence-electron chi connectivity index (χ1n) is 31.5. The lowest BCUT2D eigenvalue weighted by atomic mass is 9.46. The van der Waals surface area contributed by atoms with Gasteiger partial charge in [-0.15, -0.1) is 0 Å². The molecule has 4 aliphatic carbocycles. The van der Waals surface area contributed by atoms with Crippen LogP contribution >= 0.6 is 0 Å². The highest BCUT2D eigenvalue weighted by Gasteiger charge is 2.66. The Labute approximate surface area is 495 Å². The van der Waals surface area contributed by atoms with E-state index in [0.29, 0.717) is 30.6 Å². The van der Waals surface area contributed by atoms with Crippen molar-refractivity contribution in [1.82, 2.24) is 0 Å². The Balaban J connectivity index is 0.638. The number of hydrogen-bond donors (Lipinski definition) is 6. The highest BCUT2D eigenvalue weighted by molar-refractivity contribution is 5.26. The molecule has 33 unspecified atom stereocenters. The molecule has 0 bridgehead atoms. The zero-order chi connectivity index (χ0) is 59.9. The predicted molar refractivity (Wildman–Crippen MR) is 293 cm³/mol. The van der Waals surface area contributed by atoms with Crippen molar-refractivity contribution in [3.63, 3.8) is 0 Å². The van der Waals surface area contributed by atoms with Crippen molar-refractivity contribution in [2.45, 2.75) is 317 Å². The molecule has 6 N–H and O–H groups in total. The van der Waals surface area contributed by atoms with Crippen molar-refractivity contribution in [3.05, 3.63) is 11.6 Å². The summed E-state index contributed by atoms with van der Waals surface area (Å²) in [6.45, 7) is 17.5. The van der Waals surface area contributed by atoms with E-state index >= 15 is 0 Å². The number of allylic oxidation sites excluding steroid dienone is 1. The van der Waals surface area contributed by atoms with Crippen LogP contribution < -0.4 is 0 Å². The molecule has 7 aliphatic heterocycles. The molecule has 0 amide bonds. The second-order valence-electron chi connectivity index (χ2n) is 27.3. The van der Waals surface area contributed by atoms with Crippen LogP contribution in [0.25, 0.3) is 0 Å². The predicted octanol–water partition coefficient (Wildman–Crippen LogP) is 3.98. The first kappa shape index (κ1) is 64.4. The fraction of sp³-hybridized carbons (Fsp3) is 0.967. The maximum absolute atomic E-state index is 12.8. The van der Waals surface area contributed by atoms with Crippen LogP contribution in [0.1, 0.15) is 146 Å². The average Bonchev–Trinajstić information content (AvgIpc) is 1.63. The molecule has 0 aromatic carbocycles. The summed E-state index contributed by atoms with van der Waals surface area (Å²) in [5, 5.41) is 67.7. The molecule has 33 atom stereocenters. The van der Waals surface area contributed by atoms with Gasteiger partial charge in [-0.2, -0.15) is 4.89 Å². The lowest BCUT2D eigenvalue weighted by Crippen LogP contribution is -2.61. The second kappa shape index (κ2) is 25.5. The quantitative estimate of drug-likeness (QED) is 0.106. The monoisotopic (exact) mass is 1200 g/mol. The van der Waals surface area contributed by atoms with Crippen molar-refractivity contribution in [2.75, 3.05) is 27.9 Å². The average molecular weight is 1200 g/mol. The van der Waals surface area contributed by atoms with Gasteiger partial charge in [0.15, 0.2) is 31.5 Å². The van der Waals surface area contributed by atoms with Gasteiger partial charge in [0.05, 0.1) is 85.0 Å². The van der Waals surface area contributed by atoms with E-state index in [4.69, 9.17) is 80.8 Å². The second-order valence-corrected chi connectivity index (χ2v) is 27.3. The SMILES string of the molecule is COC1CC2(COC3CC(OC(C)C4(O)CCC5C6CC=C7CC(O)CCC7(C)C6CCC54C)OC(C)C3OO2)OC(C)C1OC1CC(O)C(OC2CC(O)C(OC3CC(OC)C(OC4OC(C)C(O)C(OC)C4O)C(C)O3)C(C)O2)C(C)O1. The number of rotatable bonds is 14. The minimum atomic E-state index is -1.35. The van der Waals surface area contributed by atoms with Crippen molar-refractivity contribution in [3.8, 4) is 0 Å². The van der Waals surface area contributed by atoms with Gasteiger partial charge in [0.25, 0.3) is 0 Å². The molecule has 0 radical (unpaired) electrons. The Bertz CT molecular complexity index is 2210. The van der Waals surface area contributed by atoms with Gasteiger partial charge in [-0.3, -0.25) is 0 Å². The zero-order valence-electron chi connectivity index (χ0n) is 51.3. The lowest BCUT2D eigenvalue weighted by Gasteiger charge is -2.59. The van der Waals surface area contributed by atoms with Gasteiger partial charge in [0.2, 0.25) is 5.79 Å². The Hall–Kier alpha value is -1.18. The molecule has 0 aromatic rings. The maximum Gasteiger partial charge on any atom is 0.228 e. The molecule has 23 nitrogen and oxygen atoms in total. The van der Waals surface area contributed by atoms with Crippen molar-refractivity contribution >= 4 is 0 Å². The minimum Gasteiger partial charge on any atom is -0.393 e. The van der Waals surface area contributed by atoms with E-state index in [-0.39, 0.29) is 49.2 Å². The van der Waals surface area contributed by atoms with E-state index < -0.39 is 165 Å². The van der Waals surface area contributed by atoms with E-state index in [1.165, 1.54) is 19.8 Å². The number of methoxy groups -OCH3 is 3. The fourth-order valence-corrected chi connectivity index (χ4v) is 17.4. The summed E-state index contributed by atoms with van der Waals surface area (Å²) < 4.78 is 93.8. The third-order valence-corrected chi connectivity index (χ3v) is 22.3. The molecule has 84 heavy (non-hydrogen) atoms. The minimum absolute atomic E-state index is 0.0303. The molecule has 11 rings (SSSR count). The summed E-state index contributed by atoms with van der Waals surface area (Å²) in [6, 6.07) is 0. The highest BCUT2D eigenvalue weighted by atomic mass is 17.2. The lowest BCUT2D eigenvalue weighted by molar-refractivity contribution is -0.472. The number of ether oxygens (including phenoxy) is 15. The highest BCUT2D eigenvalue weighted by Crippen LogP contribution is 2.68. The fourth-order valence-electron chi connectivity index (χ4n) is 17.4. The van der Waals surface area contributed by atoms with E-state index in [1.807, 2.05) is 20.8 Å². The third-order valence-electron chi connectivity index (χ3n) is 22.3. The molecule has 11 aliphatic rings. The van der Waals surface area contributed by atoms with Gasteiger partial charge in [-0.1, -0.05) is 25.5 Å². The van der Waals surface area contributed by atoms with Gasteiger partial charge in [0.1, 0.15) is 55.4 Å². The number of aliphatic hydroxyl groups excluding tert-OH is 5. The van der Waals surface area contributed by atoms with E-state index in [0.717, 1.165) is 44.9 Å². The Morgan fingerprint density at radius 2 is 1.20 bits per heavy atom. The van der Waals surface area contributed by atoms with E-state index in [9.17, 15) is 30.6 Å². The van der Waals surface area contributed by atoms with Gasteiger partial charge >= 0.3 is 0 Å². The third kappa shape index (κ3) is 12.0. The summed E-state index contributed by atoms with van der Waals surface area (Å²) >= 11 is 0. The smallest absolute Gasteiger partial charge is 0.228 e. The van der Waals surface area contributed by atoms with Crippen LogP contribution in [-0.4, -0.2) is 230 Å². The molecule has 23 heteroatoms. The molecule has 7 saturated heterocycles. The standard InChI is InChI=1S/C61H100O23/c1-28-49(65)56(70-12)50(66)57(76-28)81-53-31(4)74-48(24-42(53)68-10)79-52-30(3)72-45(22-40(52)63)78-51-29(2)73-46(23-41(51)64)80-54-33(6)82-60(26-44(54)69-11)27-71-43-25-47(75-32(5)55(43)83-84-60)77-34(7)61(67)20-17-39-37-14-13-35-21-36(62)15-18-58(35,8)38(37)16-19-59(39,61)9/h13,28-34,36-57,62-67H,14-27H2,1-12H3. The first-order valence-corrected chi connectivity index (χ1v) is 31.5. The van der Waals surface area contributed by atoms with Gasteiger partial charge < -0.3 is 102 Å². The maximum atomic E-state index is 12.8. The summed E-state index contributed by atoms with van der Waals surface area (Å²) in [5.41, 5.74) is 0.214. The van der Waals surface area contributed by atoms with Crippen LogP contribution in [0, 0.1) is 28.6 Å². The van der Waals surface area contributed by atoms with Crippen LogP contribution in [0.4, 0.5) is 0 Å². The largest absolute Gasteiger partial charge is 0.393 e. The Kier molecular flexibility index (Phi) is 19.5. The number of hydrogen-bond acceptors (Lipinski definition) is 23. The molecule has 7 heterocycles. The molecule has 482 valence electrons. The molecular weight excluding hydrogens is 1100 g/mol. The summed E-state index contributed by atoms with van der Waals surface area (Å²) in [7, 11) is 4.54. The first-order chi connectivity index (χ1) is 39.9. The van der Waals surface area contributed by atoms with Crippen molar-refractivity contribution in [2.24, 2.45) is 28.6 Å². The van der Waals surface area contributed by atoms with Gasteiger partial charge in [-0.05, 0) is 123 Å². The van der Waals surface area contributed by atoms with Gasteiger partial charge in [0, 0.05) is 58.8 Å². The van der Waals surface area contributed by atoms with Crippen LogP contribution in [0.3, 0.4) is 0 Å². The van der Waals surface area contributed by atoms with Crippen LogP contribution in [0.15, 0.2) is 11.6 Å². The summed E-state index contributed by atoms with van der Waals surface area (Å²) in [5.74, 6) is 0.0831. The van der Waals surface area contributed by atoms with E-state index in [1.54, 1.807) is 34.8 Å². The molecule has 3 saturated carbocycles. The molecule has 1 spiro atoms. The Morgan fingerprint density at radius 3 is 1.85 bits per heavy atom. The van der Waals surface area contributed by atoms with E-state index in [2.05, 4.69) is 19.9 Å². The molecular formula is C61H100O23. The molecule has 10 fully saturated rings. The Morgan fingerprint density at radius 1 is 0.595 bits per heavy atom. The molecule has 0 aromatic heterocycles. The topological polar surface area (TPSA) is 278 Å². The van der Waals surface area contributed by atoms with Crippen molar-refractivity contribution < 1.29 is 111 Å². The number of aliphatic hydroxyl groups is 6.